The normalized spacial score (nSPS) is 12.2. The SMILES string of the molecule is Cc1cc(S[C@@H](C)C(=O)N(C)Cc2ccccc2)nc2c(C)cccc12. The molecule has 1 atom stereocenters. The van der Waals surface area contributed by atoms with Crippen LogP contribution in [0.2, 0.25) is 0 Å². The molecular formula is C22H24N2OS. The highest BCUT2D eigenvalue weighted by atomic mass is 32.2. The molecule has 0 aliphatic carbocycles. The smallest absolute Gasteiger partial charge is 0.235 e. The lowest BCUT2D eigenvalue weighted by atomic mass is 10.1. The molecule has 0 unspecified atom stereocenters. The van der Waals surface area contributed by atoms with Crippen molar-refractivity contribution in [1.82, 2.24) is 9.88 Å². The number of hydrogen-bond acceptors (Lipinski definition) is 3. The van der Waals surface area contributed by atoms with Crippen LogP contribution in [0.15, 0.2) is 59.6 Å². The number of hydrogen-bond donors (Lipinski definition) is 0. The molecule has 3 nitrogen and oxygen atoms in total. The lowest BCUT2D eigenvalue weighted by molar-refractivity contribution is -0.129. The zero-order valence-corrected chi connectivity index (χ0v) is 16.5. The quantitative estimate of drug-likeness (QED) is 0.598. The maximum Gasteiger partial charge on any atom is 0.235 e. The number of pyridine rings is 1. The van der Waals surface area contributed by atoms with Gasteiger partial charge in [0.25, 0.3) is 0 Å². The summed E-state index contributed by atoms with van der Waals surface area (Å²) in [5, 5.41) is 1.89. The number of carbonyl (C=O) groups is 1. The molecule has 3 rings (SSSR count). The standard InChI is InChI=1S/C22H24N2OS/c1-15-9-8-12-19-16(2)13-20(23-21(15)19)26-17(3)22(25)24(4)14-18-10-6-5-7-11-18/h5-13,17H,14H2,1-4H3/t17-/m0/s1. The summed E-state index contributed by atoms with van der Waals surface area (Å²) in [6.07, 6.45) is 0. The van der Waals surface area contributed by atoms with Crippen LogP contribution in [0.1, 0.15) is 23.6 Å². The van der Waals surface area contributed by atoms with Crippen molar-refractivity contribution in [2.45, 2.75) is 37.6 Å². The molecule has 0 saturated carbocycles. The van der Waals surface area contributed by atoms with Gasteiger partial charge in [-0.15, -0.1) is 0 Å². The van der Waals surface area contributed by atoms with E-state index in [1.807, 2.05) is 44.3 Å². The van der Waals surface area contributed by atoms with Gasteiger partial charge in [0.05, 0.1) is 15.8 Å². The summed E-state index contributed by atoms with van der Waals surface area (Å²) in [5.41, 5.74) is 4.51. The molecule has 0 N–H and O–H groups in total. The highest BCUT2D eigenvalue weighted by molar-refractivity contribution is 8.00. The number of fused-ring (bicyclic) bond motifs is 1. The van der Waals surface area contributed by atoms with Gasteiger partial charge in [0.1, 0.15) is 0 Å². The summed E-state index contributed by atoms with van der Waals surface area (Å²) in [6.45, 7) is 6.74. The molecule has 0 spiro atoms. The average Bonchev–Trinajstić information content (AvgIpc) is 2.63. The summed E-state index contributed by atoms with van der Waals surface area (Å²) in [4.78, 5) is 19.3. The van der Waals surface area contributed by atoms with Crippen molar-refractivity contribution in [2.75, 3.05) is 7.05 Å². The fraction of sp³-hybridized carbons (Fsp3) is 0.273. The van der Waals surface area contributed by atoms with Crippen LogP contribution in [0.4, 0.5) is 0 Å². The van der Waals surface area contributed by atoms with Crippen molar-refractivity contribution in [3.05, 3.63) is 71.3 Å². The first-order chi connectivity index (χ1) is 12.5. The number of rotatable bonds is 5. The average molecular weight is 365 g/mol. The minimum absolute atomic E-state index is 0.114. The summed E-state index contributed by atoms with van der Waals surface area (Å²) in [5.74, 6) is 0.114. The fourth-order valence-corrected chi connectivity index (χ4v) is 4.10. The van der Waals surface area contributed by atoms with Crippen LogP contribution in [0.3, 0.4) is 0 Å². The fourth-order valence-electron chi connectivity index (χ4n) is 3.07. The molecule has 26 heavy (non-hydrogen) atoms. The van der Waals surface area contributed by atoms with E-state index in [1.165, 1.54) is 22.7 Å². The van der Waals surface area contributed by atoms with Crippen LogP contribution in [-0.2, 0) is 11.3 Å². The Balaban J connectivity index is 1.74. The Hall–Kier alpha value is -2.33. The second-order valence-corrected chi connectivity index (χ2v) is 8.05. The van der Waals surface area contributed by atoms with Gasteiger partial charge in [0, 0.05) is 19.0 Å². The predicted molar refractivity (Wildman–Crippen MR) is 109 cm³/mol. The van der Waals surface area contributed by atoms with Gasteiger partial charge in [-0.25, -0.2) is 4.98 Å². The number of carbonyl (C=O) groups excluding carboxylic acids is 1. The number of para-hydroxylation sites is 1. The van der Waals surface area contributed by atoms with Crippen LogP contribution in [0, 0.1) is 13.8 Å². The largest absolute Gasteiger partial charge is 0.340 e. The molecule has 134 valence electrons. The topological polar surface area (TPSA) is 33.2 Å². The van der Waals surface area contributed by atoms with Crippen LogP contribution < -0.4 is 0 Å². The van der Waals surface area contributed by atoms with Crippen LogP contribution >= 0.6 is 11.8 Å². The number of aryl methyl sites for hydroxylation is 2. The predicted octanol–water partition coefficient (Wildman–Crippen LogP) is 4.99. The van der Waals surface area contributed by atoms with Gasteiger partial charge in [0.2, 0.25) is 5.91 Å². The molecule has 1 heterocycles. The molecule has 0 radical (unpaired) electrons. The van der Waals surface area contributed by atoms with Crippen molar-refractivity contribution < 1.29 is 4.79 Å². The Morgan fingerprint density at radius 1 is 1.08 bits per heavy atom. The van der Waals surface area contributed by atoms with E-state index >= 15 is 0 Å². The molecule has 4 heteroatoms. The number of benzene rings is 2. The maximum absolute atomic E-state index is 12.7. The van der Waals surface area contributed by atoms with E-state index in [2.05, 4.69) is 38.1 Å². The number of nitrogens with zero attached hydrogens (tertiary/aromatic N) is 2. The van der Waals surface area contributed by atoms with Gasteiger partial charge in [-0.05, 0) is 43.5 Å². The maximum atomic E-state index is 12.7. The second-order valence-electron chi connectivity index (χ2n) is 6.69. The van der Waals surface area contributed by atoms with Crippen molar-refractivity contribution in [3.8, 4) is 0 Å². The highest BCUT2D eigenvalue weighted by Crippen LogP contribution is 2.28. The van der Waals surface area contributed by atoms with E-state index in [9.17, 15) is 4.79 Å². The number of aromatic nitrogens is 1. The van der Waals surface area contributed by atoms with Crippen LogP contribution in [-0.4, -0.2) is 28.1 Å². The highest BCUT2D eigenvalue weighted by Gasteiger charge is 2.20. The lowest BCUT2D eigenvalue weighted by Gasteiger charge is -2.21. The minimum atomic E-state index is -0.183. The Labute approximate surface area is 159 Å². The second kappa shape index (κ2) is 7.92. The zero-order chi connectivity index (χ0) is 18.7. The molecular weight excluding hydrogens is 340 g/mol. The Bertz CT molecular complexity index is 924. The van der Waals surface area contributed by atoms with Crippen molar-refractivity contribution in [2.24, 2.45) is 0 Å². The van der Waals surface area contributed by atoms with E-state index in [1.54, 1.807) is 4.90 Å². The number of amides is 1. The zero-order valence-electron chi connectivity index (χ0n) is 15.7. The van der Waals surface area contributed by atoms with Gasteiger partial charge in [0.15, 0.2) is 0 Å². The first-order valence-electron chi connectivity index (χ1n) is 8.78. The van der Waals surface area contributed by atoms with Crippen LogP contribution in [0.25, 0.3) is 10.9 Å². The van der Waals surface area contributed by atoms with Crippen LogP contribution in [0.5, 0.6) is 0 Å². The molecule has 0 aliphatic rings. The van der Waals surface area contributed by atoms with Gasteiger partial charge in [-0.2, -0.15) is 0 Å². The van der Waals surface area contributed by atoms with Gasteiger partial charge in [-0.1, -0.05) is 60.3 Å². The third-order valence-corrected chi connectivity index (χ3v) is 5.51. The summed E-state index contributed by atoms with van der Waals surface area (Å²) in [6, 6.07) is 18.4. The van der Waals surface area contributed by atoms with E-state index in [-0.39, 0.29) is 11.2 Å². The summed E-state index contributed by atoms with van der Waals surface area (Å²) in [7, 11) is 1.86. The van der Waals surface area contributed by atoms with Gasteiger partial charge in [-0.3, -0.25) is 4.79 Å². The molecule has 0 saturated heterocycles. The Morgan fingerprint density at radius 3 is 2.54 bits per heavy atom. The molecule has 2 aromatic carbocycles. The monoisotopic (exact) mass is 364 g/mol. The molecule has 3 aromatic rings. The molecule has 0 bridgehead atoms. The van der Waals surface area contributed by atoms with Crippen molar-refractivity contribution in [3.63, 3.8) is 0 Å². The number of thioether (sulfide) groups is 1. The summed E-state index contributed by atoms with van der Waals surface area (Å²) < 4.78 is 0. The van der Waals surface area contributed by atoms with E-state index in [0.717, 1.165) is 21.7 Å². The van der Waals surface area contributed by atoms with E-state index < -0.39 is 0 Å². The third kappa shape index (κ3) is 4.07. The molecule has 0 aliphatic heterocycles. The van der Waals surface area contributed by atoms with E-state index in [4.69, 9.17) is 4.98 Å². The van der Waals surface area contributed by atoms with Crippen molar-refractivity contribution in [1.29, 1.82) is 0 Å². The molecule has 1 aromatic heterocycles. The van der Waals surface area contributed by atoms with E-state index in [0.29, 0.717) is 6.54 Å². The summed E-state index contributed by atoms with van der Waals surface area (Å²) >= 11 is 1.53. The molecule has 1 amide bonds. The van der Waals surface area contributed by atoms with Gasteiger partial charge < -0.3 is 4.90 Å². The molecule has 0 fully saturated rings. The first-order valence-corrected chi connectivity index (χ1v) is 9.66. The Kier molecular flexibility index (Phi) is 5.62. The first kappa shape index (κ1) is 18.5. The third-order valence-electron chi connectivity index (χ3n) is 4.51. The minimum Gasteiger partial charge on any atom is -0.340 e. The lowest BCUT2D eigenvalue weighted by Crippen LogP contribution is -2.32. The van der Waals surface area contributed by atoms with Gasteiger partial charge >= 0.3 is 0 Å². The Morgan fingerprint density at radius 2 is 1.81 bits per heavy atom. The van der Waals surface area contributed by atoms with Crippen molar-refractivity contribution >= 4 is 28.6 Å².